The second-order valence-corrected chi connectivity index (χ2v) is 35.4. The lowest BCUT2D eigenvalue weighted by Gasteiger charge is -2.26. The molecule has 0 bridgehead atoms. The first-order chi connectivity index (χ1) is 45.3. The van der Waals surface area contributed by atoms with Crippen molar-refractivity contribution in [2.75, 3.05) is 0 Å². The predicted molar refractivity (Wildman–Crippen MR) is 419 cm³/mol. The van der Waals surface area contributed by atoms with Crippen molar-refractivity contribution in [1.29, 1.82) is 0 Å². The fraction of sp³-hybridized carbons (Fsp3) is 0.261. The van der Waals surface area contributed by atoms with Gasteiger partial charge in [-0.1, -0.05) is 240 Å². The molecule has 17 rings (SSSR count). The summed E-state index contributed by atoms with van der Waals surface area (Å²) in [5.74, 6) is 0. The normalized spacial score (nSPS) is 13.5. The van der Waals surface area contributed by atoms with Crippen LogP contribution in [0, 0.1) is 0 Å². The van der Waals surface area contributed by atoms with Gasteiger partial charge < -0.3 is 8.97 Å². The van der Waals surface area contributed by atoms with Crippen LogP contribution >= 0.6 is 11.3 Å². The molecule has 0 amide bonds. The number of thiophene rings is 1. The summed E-state index contributed by atoms with van der Waals surface area (Å²) in [6.07, 6.45) is 0. The SMILES string of the molecule is CC(C)(C)c1cc(-c2cc(-c3ccc4c(c3)c3ccccc3n4-c3ccccc3)c3c(c2)c2cc(-c4cc(C(C)(C)C)cc(C(C)(C)C)c4)cc4c5cc6c7cc(-c8cc(C(C)(C)C)cc(C(C)(C)C)c8)cc8c9c%10ccccc%10sc9n(c6cc5n3c42)c78)cc(C(C)(C)C)c1. The summed E-state index contributed by atoms with van der Waals surface area (Å²) in [6, 6.07) is 79.1. The third-order valence-electron chi connectivity index (χ3n) is 21.5. The molecule has 3 nitrogen and oxygen atoms in total. The van der Waals surface area contributed by atoms with E-state index in [1.54, 1.807) is 0 Å². The molecule has 0 aliphatic rings. The van der Waals surface area contributed by atoms with E-state index in [1.165, 1.54) is 185 Å². The third kappa shape index (κ3) is 9.24. The predicted octanol–water partition coefficient (Wildman–Crippen LogP) is 26.8. The highest BCUT2D eigenvalue weighted by Crippen LogP contribution is 2.53. The van der Waals surface area contributed by atoms with Crippen LogP contribution in [0.1, 0.15) is 158 Å². The van der Waals surface area contributed by atoms with Crippen LogP contribution in [0.25, 0.3) is 158 Å². The van der Waals surface area contributed by atoms with E-state index in [9.17, 15) is 0 Å². The van der Waals surface area contributed by atoms with Gasteiger partial charge in [0.2, 0.25) is 0 Å². The van der Waals surface area contributed by atoms with Crippen LogP contribution in [0.15, 0.2) is 200 Å². The van der Waals surface area contributed by atoms with Gasteiger partial charge in [-0.25, -0.2) is 0 Å². The highest BCUT2D eigenvalue weighted by atomic mass is 32.1. The van der Waals surface area contributed by atoms with Gasteiger partial charge in [0.25, 0.3) is 0 Å². The van der Waals surface area contributed by atoms with E-state index < -0.39 is 0 Å². The van der Waals surface area contributed by atoms with Gasteiger partial charge in [0.15, 0.2) is 0 Å². The van der Waals surface area contributed by atoms with Gasteiger partial charge in [-0.3, -0.25) is 4.40 Å². The molecular weight excluding hydrogens is 1180 g/mol. The van der Waals surface area contributed by atoms with Crippen molar-refractivity contribution in [1.82, 2.24) is 13.4 Å². The molecule has 6 aromatic heterocycles. The topological polar surface area (TPSA) is 13.8 Å². The summed E-state index contributed by atoms with van der Waals surface area (Å²) in [5.41, 5.74) is 27.5. The summed E-state index contributed by atoms with van der Waals surface area (Å²) in [4.78, 5) is 1.30. The fourth-order valence-corrected chi connectivity index (χ4v) is 17.1. The molecule has 4 heteroatoms. The summed E-state index contributed by atoms with van der Waals surface area (Å²) >= 11 is 1.93. The van der Waals surface area contributed by atoms with E-state index in [2.05, 4.69) is 338 Å². The highest BCUT2D eigenvalue weighted by Gasteiger charge is 2.31. The number of aromatic nitrogens is 3. The Morgan fingerprint density at radius 2 is 0.625 bits per heavy atom. The van der Waals surface area contributed by atoms with Crippen molar-refractivity contribution >= 4 is 119 Å². The van der Waals surface area contributed by atoms with Gasteiger partial charge in [-0.2, -0.15) is 0 Å². The van der Waals surface area contributed by atoms with Crippen LogP contribution in [0.5, 0.6) is 0 Å². The lowest BCUT2D eigenvalue weighted by molar-refractivity contribution is 0.568. The zero-order valence-corrected chi connectivity index (χ0v) is 60.1. The Morgan fingerprint density at radius 1 is 0.250 bits per heavy atom. The fourth-order valence-electron chi connectivity index (χ4n) is 15.8. The molecule has 0 fully saturated rings. The van der Waals surface area contributed by atoms with Crippen molar-refractivity contribution in [3.05, 3.63) is 234 Å². The number of para-hydroxylation sites is 2. The number of fused-ring (bicyclic) bond motifs is 17. The first-order valence-corrected chi connectivity index (χ1v) is 35.6. The molecule has 0 saturated carbocycles. The zero-order chi connectivity index (χ0) is 67.0. The average molecular weight is 1270 g/mol. The van der Waals surface area contributed by atoms with E-state index in [-0.39, 0.29) is 32.5 Å². The minimum absolute atomic E-state index is 0.0305. The molecule has 0 aliphatic carbocycles. The Bertz CT molecular complexity index is 6010. The van der Waals surface area contributed by atoms with Crippen molar-refractivity contribution < 1.29 is 0 Å². The molecule has 0 spiro atoms. The molecule has 6 heterocycles. The number of rotatable bonds is 5. The summed E-state index contributed by atoms with van der Waals surface area (Å²) < 4.78 is 9.12. The standard InChI is InChI=1S/C92H87N3S/c1-87(2,3)59-34-53(35-60(47-59)88(4,5)6)56-41-68(52-32-33-78-69(40-52)66-28-22-24-30-77(66)93(78)65-26-20-19-21-27-65)83-74(44-56)75-45-57(54-36-61(89(7,8)9)48-62(37-54)90(10,11)12)42-72-70-50-71-73-43-58(55-38-63(91(13,14)15)49-64(39-55)92(16,17)18)46-76-82-67-29-23-25-31-81(67)96-86(82)95(85(73)76)80(71)51-79(70)94(83)84(72)75/h19-51H,1-18H3. The Labute approximate surface area is 569 Å². The van der Waals surface area contributed by atoms with Crippen molar-refractivity contribution in [2.24, 2.45) is 0 Å². The number of nitrogens with zero attached hydrogens (tertiary/aromatic N) is 3. The van der Waals surface area contributed by atoms with Crippen LogP contribution < -0.4 is 0 Å². The van der Waals surface area contributed by atoms with Crippen LogP contribution in [-0.2, 0) is 32.5 Å². The number of benzene rings is 11. The second-order valence-electron chi connectivity index (χ2n) is 34.4. The van der Waals surface area contributed by atoms with Gasteiger partial charge in [-0.05, 0) is 190 Å². The van der Waals surface area contributed by atoms with Gasteiger partial charge in [0.1, 0.15) is 4.83 Å². The number of hydrogen-bond acceptors (Lipinski definition) is 1. The lowest BCUT2D eigenvalue weighted by Crippen LogP contribution is -2.16. The molecule has 0 N–H and O–H groups in total. The molecular formula is C92H87N3S. The molecule has 0 atom stereocenters. The van der Waals surface area contributed by atoms with Crippen LogP contribution in [0.2, 0.25) is 0 Å². The first-order valence-electron chi connectivity index (χ1n) is 34.8. The Hall–Kier alpha value is -9.22. The van der Waals surface area contributed by atoms with E-state index >= 15 is 0 Å². The van der Waals surface area contributed by atoms with E-state index in [0.29, 0.717) is 0 Å². The quantitative estimate of drug-likeness (QED) is 0.163. The lowest BCUT2D eigenvalue weighted by atomic mass is 9.78. The van der Waals surface area contributed by atoms with Gasteiger partial charge in [0, 0.05) is 75.2 Å². The molecule has 476 valence electrons. The van der Waals surface area contributed by atoms with E-state index in [0.717, 1.165) is 5.69 Å². The number of hydrogen-bond donors (Lipinski definition) is 0. The second kappa shape index (κ2) is 20.2. The minimum atomic E-state index is -0.0693. The van der Waals surface area contributed by atoms with Crippen LogP contribution in [0.3, 0.4) is 0 Å². The Morgan fingerprint density at radius 3 is 1.14 bits per heavy atom. The van der Waals surface area contributed by atoms with Crippen molar-refractivity contribution in [3.8, 4) is 50.2 Å². The van der Waals surface area contributed by atoms with Crippen molar-refractivity contribution in [3.63, 3.8) is 0 Å². The first kappa shape index (κ1) is 60.4. The highest BCUT2D eigenvalue weighted by molar-refractivity contribution is 7.25. The van der Waals surface area contributed by atoms with E-state index in [4.69, 9.17) is 0 Å². The van der Waals surface area contributed by atoms with Gasteiger partial charge >= 0.3 is 0 Å². The van der Waals surface area contributed by atoms with Gasteiger partial charge in [-0.15, -0.1) is 11.3 Å². The van der Waals surface area contributed by atoms with Crippen LogP contribution in [-0.4, -0.2) is 13.4 Å². The molecule has 0 aliphatic heterocycles. The largest absolute Gasteiger partial charge is 0.309 e. The Balaban J connectivity index is 1.05. The van der Waals surface area contributed by atoms with Crippen molar-refractivity contribution in [2.45, 2.75) is 157 Å². The summed E-state index contributed by atoms with van der Waals surface area (Å²) in [5, 5.41) is 14.1. The maximum Gasteiger partial charge on any atom is 0.109 e. The van der Waals surface area contributed by atoms with E-state index in [1.807, 2.05) is 11.3 Å². The van der Waals surface area contributed by atoms with Crippen LogP contribution in [0.4, 0.5) is 0 Å². The average Bonchev–Trinajstić information content (AvgIpc) is 1.51. The van der Waals surface area contributed by atoms with Gasteiger partial charge in [0.05, 0.1) is 38.6 Å². The molecule has 0 saturated heterocycles. The Kier molecular flexibility index (Phi) is 12.7. The maximum atomic E-state index is 2.71. The molecule has 17 aromatic rings. The zero-order valence-electron chi connectivity index (χ0n) is 59.3. The summed E-state index contributed by atoms with van der Waals surface area (Å²) in [6.45, 7) is 42.5. The molecule has 0 unspecified atom stereocenters. The maximum absolute atomic E-state index is 2.71. The summed E-state index contributed by atoms with van der Waals surface area (Å²) in [7, 11) is 0. The molecule has 11 aromatic carbocycles. The smallest absolute Gasteiger partial charge is 0.109 e. The minimum Gasteiger partial charge on any atom is -0.309 e. The third-order valence-corrected chi connectivity index (χ3v) is 22.7. The molecule has 0 radical (unpaired) electrons. The monoisotopic (exact) mass is 1270 g/mol. The molecule has 96 heavy (non-hydrogen) atoms.